The number of fused-ring (bicyclic) bond motifs is 4. The summed E-state index contributed by atoms with van der Waals surface area (Å²) in [5.41, 5.74) is 8.62. The smallest absolute Gasteiger partial charge is 0.407 e. The van der Waals surface area contributed by atoms with Gasteiger partial charge in [-0.15, -0.1) is 0 Å². The first-order chi connectivity index (χ1) is 12.2. The third kappa shape index (κ3) is 3.63. The SMILES string of the molecule is CC1OC(=O)NCCCOC2CCC3NNC(c4cccc1n4)C3C2. The number of ether oxygens (including phenoxy) is 2. The second-order valence-corrected chi connectivity index (χ2v) is 7.16. The van der Waals surface area contributed by atoms with Crippen LogP contribution in [0.5, 0.6) is 0 Å². The van der Waals surface area contributed by atoms with E-state index in [1.807, 2.05) is 25.1 Å². The number of carbonyl (C=O) groups is 1. The van der Waals surface area contributed by atoms with Crippen LogP contribution in [-0.2, 0) is 9.47 Å². The number of pyridine rings is 1. The first kappa shape index (κ1) is 16.8. The number of hydrazine groups is 1. The summed E-state index contributed by atoms with van der Waals surface area (Å²) in [7, 11) is 0. The Morgan fingerprint density at radius 1 is 1.20 bits per heavy atom. The fourth-order valence-electron chi connectivity index (χ4n) is 4.11. The van der Waals surface area contributed by atoms with Crippen LogP contribution in [0.2, 0.25) is 0 Å². The van der Waals surface area contributed by atoms with E-state index in [0.717, 1.165) is 37.1 Å². The molecule has 1 amide bonds. The van der Waals surface area contributed by atoms with Gasteiger partial charge in [-0.1, -0.05) is 6.07 Å². The molecule has 7 nitrogen and oxygen atoms in total. The predicted octanol–water partition coefficient (Wildman–Crippen LogP) is 1.98. The number of carbonyl (C=O) groups excluding carboxylic acids is 1. The molecule has 5 unspecified atom stereocenters. The molecule has 2 aliphatic heterocycles. The highest BCUT2D eigenvalue weighted by molar-refractivity contribution is 5.67. The summed E-state index contributed by atoms with van der Waals surface area (Å²) in [6.07, 6.45) is 3.49. The van der Waals surface area contributed by atoms with Crippen LogP contribution in [0, 0.1) is 5.92 Å². The summed E-state index contributed by atoms with van der Waals surface area (Å²) in [4.78, 5) is 16.7. The molecule has 1 saturated heterocycles. The standard InChI is InChI=1S/C18H26N4O3/c1-11-14-4-2-5-16(20-14)17-13-10-12(6-7-15(13)21-22-17)24-9-3-8-19-18(23)25-11/h2,4-5,11-13,15,17,21-22H,3,6-10H2,1H3,(H,19,23). The molecule has 5 atom stereocenters. The second-order valence-electron chi connectivity index (χ2n) is 7.16. The van der Waals surface area contributed by atoms with E-state index in [0.29, 0.717) is 25.1 Å². The number of aromatic nitrogens is 1. The van der Waals surface area contributed by atoms with Crippen molar-refractivity contribution in [2.45, 2.75) is 56.9 Å². The van der Waals surface area contributed by atoms with E-state index in [1.54, 1.807) is 0 Å². The van der Waals surface area contributed by atoms with Gasteiger partial charge >= 0.3 is 6.09 Å². The molecule has 3 heterocycles. The Bertz CT molecular complexity index is 626. The number of rotatable bonds is 0. The van der Waals surface area contributed by atoms with Gasteiger partial charge in [0.2, 0.25) is 0 Å². The molecule has 136 valence electrons. The highest BCUT2D eigenvalue weighted by atomic mass is 16.6. The van der Waals surface area contributed by atoms with Crippen molar-refractivity contribution in [2.24, 2.45) is 5.92 Å². The number of nitrogens with zero attached hydrogens (tertiary/aromatic N) is 1. The van der Waals surface area contributed by atoms with E-state index in [9.17, 15) is 4.79 Å². The van der Waals surface area contributed by atoms with Crippen molar-refractivity contribution in [3.8, 4) is 0 Å². The zero-order chi connectivity index (χ0) is 17.2. The average molecular weight is 346 g/mol. The molecule has 1 aromatic rings. The molecule has 0 radical (unpaired) electrons. The van der Waals surface area contributed by atoms with Crippen LogP contribution < -0.4 is 16.2 Å². The van der Waals surface area contributed by atoms with Crippen molar-refractivity contribution in [3.05, 3.63) is 29.6 Å². The lowest BCUT2D eigenvalue weighted by Crippen LogP contribution is -2.37. The number of cyclic esters (lactones) is 1. The maximum atomic E-state index is 11.9. The molecule has 4 bridgehead atoms. The largest absolute Gasteiger partial charge is 0.440 e. The van der Waals surface area contributed by atoms with Crippen LogP contribution in [0.4, 0.5) is 4.79 Å². The molecule has 1 saturated carbocycles. The van der Waals surface area contributed by atoms with Crippen LogP contribution in [0.1, 0.15) is 56.1 Å². The number of hydrogen-bond acceptors (Lipinski definition) is 6. The van der Waals surface area contributed by atoms with Crippen LogP contribution in [0.25, 0.3) is 0 Å². The molecule has 0 spiro atoms. The van der Waals surface area contributed by atoms with Gasteiger partial charge in [0.05, 0.1) is 23.5 Å². The van der Waals surface area contributed by atoms with Gasteiger partial charge in [-0.3, -0.25) is 10.4 Å². The van der Waals surface area contributed by atoms with E-state index in [2.05, 4.69) is 16.2 Å². The normalized spacial score (nSPS) is 35.9. The molecule has 25 heavy (non-hydrogen) atoms. The third-order valence-corrected chi connectivity index (χ3v) is 5.46. The second kappa shape index (κ2) is 7.27. The number of nitrogens with one attached hydrogen (secondary N) is 3. The van der Waals surface area contributed by atoms with Crippen molar-refractivity contribution in [2.75, 3.05) is 13.2 Å². The number of hydrogen-bond donors (Lipinski definition) is 3. The van der Waals surface area contributed by atoms with E-state index in [1.165, 1.54) is 0 Å². The Morgan fingerprint density at radius 2 is 2.08 bits per heavy atom. The van der Waals surface area contributed by atoms with Crippen molar-refractivity contribution >= 4 is 6.09 Å². The molecule has 1 aromatic heterocycles. The number of alkyl carbamates (subject to hydrolysis) is 1. The van der Waals surface area contributed by atoms with Crippen molar-refractivity contribution in [1.82, 2.24) is 21.2 Å². The Labute approximate surface area is 147 Å². The minimum absolute atomic E-state index is 0.155. The first-order valence-corrected chi connectivity index (χ1v) is 9.24. The highest BCUT2D eigenvalue weighted by Crippen LogP contribution is 2.38. The lowest BCUT2D eigenvalue weighted by molar-refractivity contribution is 0.00700. The van der Waals surface area contributed by atoms with Gasteiger partial charge in [0.1, 0.15) is 6.10 Å². The van der Waals surface area contributed by atoms with Crippen LogP contribution in [-0.4, -0.2) is 36.4 Å². The van der Waals surface area contributed by atoms with Crippen molar-refractivity contribution < 1.29 is 14.3 Å². The predicted molar refractivity (Wildman–Crippen MR) is 91.6 cm³/mol. The summed E-state index contributed by atoms with van der Waals surface area (Å²) >= 11 is 0. The zero-order valence-corrected chi connectivity index (χ0v) is 14.5. The quantitative estimate of drug-likeness (QED) is 0.666. The minimum Gasteiger partial charge on any atom is -0.440 e. The Balaban J connectivity index is 1.61. The molecular formula is C18H26N4O3. The molecule has 0 aromatic carbocycles. The lowest BCUT2D eigenvalue weighted by atomic mass is 9.79. The van der Waals surface area contributed by atoms with E-state index in [4.69, 9.17) is 14.5 Å². The maximum Gasteiger partial charge on any atom is 0.407 e. The summed E-state index contributed by atoms with van der Waals surface area (Å²) in [5.74, 6) is 0.461. The summed E-state index contributed by atoms with van der Waals surface area (Å²) in [5, 5.41) is 2.78. The van der Waals surface area contributed by atoms with Crippen molar-refractivity contribution in [1.29, 1.82) is 0 Å². The number of amides is 1. The summed E-state index contributed by atoms with van der Waals surface area (Å²) in [6, 6.07) is 6.55. The van der Waals surface area contributed by atoms with Gasteiger partial charge in [0, 0.05) is 25.1 Å². The van der Waals surface area contributed by atoms with Gasteiger partial charge < -0.3 is 14.8 Å². The average Bonchev–Trinajstić information content (AvgIpc) is 3.04. The van der Waals surface area contributed by atoms with Gasteiger partial charge in [-0.2, -0.15) is 0 Å². The monoisotopic (exact) mass is 346 g/mol. The third-order valence-electron chi connectivity index (χ3n) is 5.46. The minimum atomic E-state index is -0.408. The molecule has 3 aliphatic rings. The molecule has 7 heteroatoms. The van der Waals surface area contributed by atoms with Gasteiger partial charge in [0.15, 0.2) is 0 Å². The Hall–Kier alpha value is -1.70. The highest BCUT2D eigenvalue weighted by Gasteiger charge is 2.42. The summed E-state index contributed by atoms with van der Waals surface area (Å²) in [6.45, 7) is 3.08. The van der Waals surface area contributed by atoms with E-state index < -0.39 is 6.09 Å². The van der Waals surface area contributed by atoms with Gasteiger partial charge in [-0.25, -0.2) is 10.2 Å². The van der Waals surface area contributed by atoms with Crippen molar-refractivity contribution in [3.63, 3.8) is 0 Å². The summed E-state index contributed by atoms with van der Waals surface area (Å²) < 4.78 is 11.5. The van der Waals surface area contributed by atoms with E-state index in [-0.39, 0.29) is 18.2 Å². The first-order valence-electron chi connectivity index (χ1n) is 9.24. The lowest BCUT2D eigenvalue weighted by Gasteiger charge is -2.33. The van der Waals surface area contributed by atoms with Crippen LogP contribution in [0.15, 0.2) is 18.2 Å². The Morgan fingerprint density at radius 3 is 3.00 bits per heavy atom. The van der Waals surface area contributed by atoms with Crippen LogP contribution >= 0.6 is 0 Å². The van der Waals surface area contributed by atoms with Gasteiger partial charge in [-0.05, 0) is 44.7 Å². The van der Waals surface area contributed by atoms with E-state index >= 15 is 0 Å². The van der Waals surface area contributed by atoms with Crippen LogP contribution in [0.3, 0.4) is 0 Å². The van der Waals surface area contributed by atoms with Gasteiger partial charge in [0.25, 0.3) is 0 Å². The topological polar surface area (TPSA) is 84.5 Å². The fraction of sp³-hybridized carbons (Fsp3) is 0.667. The molecule has 4 rings (SSSR count). The molecular weight excluding hydrogens is 320 g/mol. The molecule has 2 fully saturated rings. The maximum absolute atomic E-state index is 11.9. The zero-order valence-electron chi connectivity index (χ0n) is 14.5. The fourth-order valence-corrected chi connectivity index (χ4v) is 4.11. The Kier molecular flexibility index (Phi) is 4.87. The molecule has 1 aliphatic carbocycles. The molecule has 3 N–H and O–H groups in total.